The molecule has 1 atom stereocenters. The van der Waals surface area contributed by atoms with E-state index >= 15 is 0 Å². The van der Waals surface area contributed by atoms with Crippen molar-refractivity contribution in [2.45, 2.75) is 45.3 Å². The van der Waals surface area contributed by atoms with Gasteiger partial charge in [0.25, 0.3) is 0 Å². The number of hydrogen-bond acceptors (Lipinski definition) is 4. The molecule has 20 heavy (non-hydrogen) atoms. The van der Waals surface area contributed by atoms with Gasteiger partial charge in [0.1, 0.15) is 0 Å². The van der Waals surface area contributed by atoms with Crippen molar-refractivity contribution in [1.82, 2.24) is 5.32 Å². The first-order valence-corrected chi connectivity index (χ1v) is 6.89. The van der Waals surface area contributed by atoms with Gasteiger partial charge in [0.2, 0.25) is 0 Å². The normalized spacial score (nSPS) is 14.8. The topological polar surface area (TPSA) is 50.7 Å². The molecule has 1 aromatic carbocycles. The molecule has 4 nitrogen and oxygen atoms in total. The Morgan fingerprint density at radius 1 is 1.05 bits per heavy atom. The molecule has 0 spiro atoms. The molecule has 1 aromatic rings. The van der Waals surface area contributed by atoms with Crippen LogP contribution < -0.4 is 14.8 Å². The first-order chi connectivity index (χ1) is 9.19. The van der Waals surface area contributed by atoms with Gasteiger partial charge in [0, 0.05) is 5.54 Å². The van der Waals surface area contributed by atoms with Gasteiger partial charge in [0.05, 0.1) is 19.8 Å². The Kier molecular flexibility index (Phi) is 5.42. The highest BCUT2D eigenvalue weighted by Gasteiger charge is 2.24. The molecular formula is C16H27NO3. The molecule has 4 heteroatoms. The number of nitrogens with one attached hydrogen (secondary N) is 1. The zero-order valence-electron chi connectivity index (χ0n) is 13.4. The molecule has 0 heterocycles. The van der Waals surface area contributed by atoms with Crippen LogP contribution in [0, 0.1) is 0 Å². The Hall–Kier alpha value is -1.26. The van der Waals surface area contributed by atoms with Crippen molar-refractivity contribution in [3.63, 3.8) is 0 Å². The molecule has 114 valence electrons. The molecule has 0 saturated heterocycles. The quantitative estimate of drug-likeness (QED) is 0.842. The van der Waals surface area contributed by atoms with Crippen molar-refractivity contribution in [2.24, 2.45) is 0 Å². The van der Waals surface area contributed by atoms with Gasteiger partial charge in [-0.3, -0.25) is 0 Å². The van der Waals surface area contributed by atoms with Crippen molar-refractivity contribution in [1.29, 1.82) is 0 Å². The minimum absolute atomic E-state index is 0.0493. The molecule has 0 aliphatic rings. The average molecular weight is 281 g/mol. The summed E-state index contributed by atoms with van der Waals surface area (Å²) in [6, 6.07) is 5.52. The second kappa shape index (κ2) is 6.46. The van der Waals surface area contributed by atoms with Crippen molar-refractivity contribution in [2.75, 3.05) is 20.8 Å². The Bertz CT molecular complexity index is 436. The summed E-state index contributed by atoms with van der Waals surface area (Å²) in [5.74, 6) is 1.30. The van der Waals surface area contributed by atoms with Crippen molar-refractivity contribution >= 4 is 0 Å². The summed E-state index contributed by atoms with van der Waals surface area (Å²) in [5, 5.41) is 14.0. The fourth-order valence-corrected chi connectivity index (χ4v) is 2.00. The van der Waals surface area contributed by atoms with Crippen LogP contribution in [0.5, 0.6) is 11.5 Å². The van der Waals surface area contributed by atoms with Gasteiger partial charge in [0.15, 0.2) is 11.5 Å². The number of rotatable bonds is 6. The van der Waals surface area contributed by atoms with Crippen LogP contribution in [0.2, 0.25) is 0 Å². The molecule has 0 saturated carbocycles. The fraction of sp³-hybridized carbons (Fsp3) is 0.625. The molecule has 2 N–H and O–H groups in total. The van der Waals surface area contributed by atoms with E-state index < -0.39 is 5.60 Å². The predicted molar refractivity (Wildman–Crippen MR) is 81.5 cm³/mol. The summed E-state index contributed by atoms with van der Waals surface area (Å²) < 4.78 is 10.5. The van der Waals surface area contributed by atoms with Gasteiger partial charge in [-0.05, 0) is 58.4 Å². The smallest absolute Gasteiger partial charge is 0.161 e. The predicted octanol–water partition coefficient (Wildman–Crippen LogP) is 2.69. The van der Waals surface area contributed by atoms with Crippen LogP contribution in [0.25, 0.3) is 0 Å². The SMILES string of the molecule is COc1ccc(C(C)(O)CCNC(C)(C)C)cc1OC. The van der Waals surface area contributed by atoms with Crippen LogP contribution in [-0.4, -0.2) is 31.4 Å². The average Bonchev–Trinajstić information content (AvgIpc) is 2.36. The highest BCUT2D eigenvalue weighted by atomic mass is 16.5. The van der Waals surface area contributed by atoms with E-state index in [2.05, 4.69) is 26.1 Å². The summed E-state index contributed by atoms with van der Waals surface area (Å²) in [6.07, 6.45) is 0.625. The standard InChI is InChI=1S/C16H27NO3/c1-15(2,3)17-10-9-16(4,18)12-7-8-13(19-5)14(11-12)20-6/h7-8,11,17-18H,9-10H2,1-6H3. The minimum Gasteiger partial charge on any atom is -0.493 e. The van der Waals surface area contributed by atoms with Gasteiger partial charge >= 0.3 is 0 Å². The van der Waals surface area contributed by atoms with Gasteiger partial charge < -0.3 is 19.9 Å². The number of benzene rings is 1. The highest BCUT2D eigenvalue weighted by molar-refractivity contribution is 5.44. The largest absolute Gasteiger partial charge is 0.493 e. The third-order valence-corrected chi connectivity index (χ3v) is 3.27. The van der Waals surface area contributed by atoms with Crippen LogP contribution >= 0.6 is 0 Å². The maximum atomic E-state index is 10.6. The zero-order valence-corrected chi connectivity index (χ0v) is 13.4. The second-order valence-electron chi connectivity index (χ2n) is 6.27. The Morgan fingerprint density at radius 2 is 1.65 bits per heavy atom. The van der Waals surface area contributed by atoms with Crippen LogP contribution in [0.15, 0.2) is 18.2 Å². The van der Waals surface area contributed by atoms with Gasteiger partial charge in [-0.15, -0.1) is 0 Å². The minimum atomic E-state index is -0.905. The van der Waals surface area contributed by atoms with E-state index in [0.29, 0.717) is 17.9 Å². The molecule has 0 radical (unpaired) electrons. The first-order valence-electron chi connectivity index (χ1n) is 6.89. The number of methoxy groups -OCH3 is 2. The Labute approximate surface area is 122 Å². The summed E-state index contributed by atoms with van der Waals surface area (Å²) in [4.78, 5) is 0. The third kappa shape index (κ3) is 4.69. The lowest BCUT2D eigenvalue weighted by Crippen LogP contribution is -2.39. The van der Waals surface area contributed by atoms with E-state index in [4.69, 9.17) is 9.47 Å². The molecule has 1 unspecified atom stereocenters. The Balaban J connectivity index is 2.81. The summed E-state index contributed by atoms with van der Waals surface area (Å²) in [6.45, 7) is 8.89. The molecule has 0 aromatic heterocycles. The van der Waals surface area contributed by atoms with Crippen LogP contribution in [0.4, 0.5) is 0 Å². The molecule has 0 fully saturated rings. The maximum Gasteiger partial charge on any atom is 0.161 e. The van der Waals surface area contributed by atoms with E-state index in [0.717, 1.165) is 12.1 Å². The molecule has 1 rings (SSSR count). The van der Waals surface area contributed by atoms with E-state index in [1.165, 1.54) is 0 Å². The molecule has 0 bridgehead atoms. The lowest BCUT2D eigenvalue weighted by Gasteiger charge is -2.28. The van der Waals surface area contributed by atoms with E-state index in [-0.39, 0.29) is 5.54 Å². The van der Waals surface area contributed by atoms with E-state index in [9.17, 15) is 5.11 Å². The van der Waals surface area contributed by atoms with Crippen molar-refractivity contribution in [3.8, 4) is 11.5 Å². The molecule has 0 aliphatic heterocycles. The first kappa shape index (κ1) is 16.8. The molecule has 0 aliphatic carbocycles. The number of aliphatic hydroxyl groups is 1. The zero-order chi connectivity index (χ0) is 15.4. The van der Waals surface area contributed by atoms with Crippen molar-refractivity contribution in [3.05, 3.63) is 23.8 Å². The van der Waals surface area contributed by atoms with E-state index in [1.807, 2.05) is 25.1 Å². The second-order valence-corrected chi connectivity index (χ2v) is 6.27. The molecule has 0 amide bonds. The fourth-order valence-electron chi connectivity index (χ4n) is 2.00. The lowest BCUT2D eigenvalue weighted by molar-refractivity contribution is 0.0461. The van der Waals surface area contributed by atoms with Crippen LogP contribution in [0.3, 0.4) is 0 Å². The lowest BCUT2D eigenvalue weighted by atomic mass is 9.92. The Morgan fingerprint density at radius 3 is 2.15 bits per heavy atom. The number of ether oxygens (including phenoxy) is 2. The third-order valence-electron chi connectivity index (χ3n) is 3.27. The van der Waals surface area contributed by atoms with E-state index in [1.54, 1.807) is 14.2 Å². The summed E-state index contributed by atoms with van der Waals surface area (Å²) >= 11 is 0. The van der Waals surface area contributed by atoms with Crippen LogP contribution in [-0.2, 0) is 5.60 Å². The highest BCUT2D eigenvalue weighted by Crippen LogP contribution is 2.33. The van der Waals surface area contributed by atoms with Crippen LogP contribution in [0.1, 0.15) is 39.7 Å². The van der Waals surface area contributed by atoms with Gasteiger partial charge in [-0.1, -0.05) is 6.07 Å². The summed E-state index contributed by atoms with van der Waals surface area (Å²) in [5.41, 5.74) is -0.0308. The monoisotopic (exact) mass is 281 g/mol. The van der Waals surface area contributed by atoms with Crippen molar-refractivity contribution < 1.29 is 14.6 Å². The van der Waals surface area contributed by atoms with Gasteiger partial charge in [-0.25, -0.2) is 0 Å². The number of hydrogen-bond donors (Lipinski definition) is 2. The maximum absolute atomic E-state index is 10.6. The summed E-state index contributed by atoms with van der Waals surface area (Å²) in [7, 11) is 3.19. The van der Waals surface area contributed by atoms with Gasteiger partial charge in [-0.2, -0.15) is 0 Å². The molecular weight excluding hydrogens is 254 g/mol.